The van der Waals surface area contributed by atoms with Gasteiger partial charge in [0.2, 0.25) is 15.9 Å². The van der Waals surface area contributed by atoms with Crippen LogP contribution in [0.3, 0.4) is 0 Å². The van der Waals surface area contributed by atoms with Crippen LogP contribution in [0, 0.1) is 0 Å². The molecule has 34 heavy (non-hydrogen) atoms. The highest BCUT2D eigenvalue weighted by molar-refractivity contribution is 7.89. The number of hydrogen-bond acceptors (Lipinski definition) is 5. The van der Waals surface area contributed by atoms with Crippen LogP contribution in [0.2, 0.25) is 5.02 Å². The van der Waals surface area contributed by atoms with E-state index in [-0.39, 0.29) is 11.3 Å². The van der Waals surface area contributed by atoms with E-state index in [0.29, 0.717) is 5.02 Å². The SMILES string of the molecule is COC(=O)[C@@]1(N(CC(N)=O)S(=O)(=O)c2ccc(-c3ccc(Cl)cc3)cc2)C[C@H]1c1ccccc1. The summed E-state index contributed by atoms with van der Waals surface area (Å²) in [6.07, 6.45) is 0.180. The molecule has 0 spiro atoms. The van der Waals surface area contributed by atoms with E-state index in [2.05, 4.69) is 0 Å². The monoisotopic (exact) mass is 498 g/mol. The molecule has 7 nitrogen and oxygen atoms in total. The predicted molar refractivity (Wildman–Crippen MR) is 129 cm³/mol. The summed E-state index contributed by atoms with van der Waals surface area (Å²) in [6, 6.07) is 22.4. The largest absolute Gasteiger partial charge is 0.468 e. The van der Waals surface area contributed by atoms with Crippen LogP contribution < -0.4 is 5.73 Å². The van der Waals surface area contributed by atoms with Crippen molar-refractivity contribution in [2.24, 2.45) is 5.73 Å². The van der Waals surface area contributed by atoms with Gasteiger partial charge < -0.3 is 10.5 Å². The Morgan fingerprint density at radius 3 is 2.09 bits per heavy atom. The van der Waals surface area contributed by atoms with Gasteiger partial charge >= 0.3 is 5.97 Å². The summed E-state index contributed by atoms with van der Waals surface area (Å²) in [5.74, 6) is -2.07. The molecule has 1 aliphatic carbocycles. The van der Waals surface area contributed by atoms with E-state index < -0.39 is 39.9 Å². The Hall–Kier alpha value is -3.20. The average molecular weight is 499 g/mol. The number of esters is 1. The topological polar surface area (TPSA) is 107 Å². The molecule has 0 saturated heterocycles. The Labute approximate surface area is 203 Å². The average Bonchev–Trinajstić information content (AvgIpc) is 3.59. The lowest BCUT2D eigenvalue weighted by Gasteiger charge is -2.29. The lowest BCUT2D eigenvalue weighted by Crippen LogP contribution is -2.52. The third kappa shape index (κ3) is 4.32. The number of methoxy groups -OCH3 is 1. The smallest absolute Gasteiger partial charge is 0.328 e. The van der Waals surface area contributed by atoms with Crippen LogP contribution in [0.15, 0.2) is 83.8 Å². The summed E-state index contributed by atoms with van der Waals surface area (Å²) < 4.78 is 33.4. The second-order valence-corrected chi connectivity index (χ2v) is 10.4. The third-order valence-electron chi connectivity index (χ3n) is 6.04. The number of halogens is 1. The van der Waals surface area contributed by atoms with Gasteiger partial charge in [0.1, 0.15) is 5.54 Å². The molecule has 4 rings (SSSR count). The molecule has 0 aromatic heterocycles. The van der Waals surface area contributed by atoms with Crippen molar-refractivity contribution >= 4 is 33.5 Å². The van der Waals surface area contributed by atoms with Crippen LogP contribution in [-0.4, -0.2) is 43.8 Å². The van der Waals surface area contributed by atoms with Gasteiger partial charge in [0.05, 0.1) is 18.6 Å². The van der Waals surface area contributed by atoms with Gasteiger partial charge in [-0.25, -0.2) is 13.2 Å². The number of benzene rings is 3. The summed E-state index contributed by atoms with van der Waals surface area (Å²) in [5, 5.41) is 0.593. The fourth-order valence-corrected chi connectivity index (χ4v) is 6.14. The Balaban J connectivity index is 1.74. The highest BCUT2D eigenvalue weighted by atomic mass is 35.5. The summed E-state index contributed by atoms with van der Waals surface area (Å²) >= 11 is 5.94. The molecule has 1 amide bonds. The lowest BCUT2D eigenvalue weighted by atomic mass is 10.1. The second kappa shape index (κ2) is 9.21. The Kier molecular flexibility index (Phi) is 6.49. The molecule has 0 aliphatic heterocycles. The van der Waals surface area contributed by atoms with Crippen LogP contribution in [0.1, 0.15) is 17.9 Å². The Morgan fingerprint density at radius 1 is 1.00 bits per heavy atom. The molecule has 0 radical (unpaired) electrons. The minimum atomic E-state index is -4.28. The first kappa shape index (κ1) is 23.9. The molecule has 2 N–H and O–H groups in total. The van der Waals surface area contributed by atoms with E-state index in [1.165, 1.54) is 19.2 Å². The van der Waals surface area contributed by atoms with Crippen molar-refractivity contribution < 1.29 is 22.7 Å². The lowest BCUT2D eigenvalue weighted by molar-refractivity contribution is -0.147. The maximum Gasteiger partial charge on any atom is 0.328 e. The Morgan fingerprint density at radius 2 is 1.56 bits per heavy atom. The van der Waals surface area contributed by atoms with Crippen molar-refractivity contribution in [3.8, 4) is 11.1 Å². The van der Waals surface area contributed by atoms with Crippen LogP contribution in [0.5, 0.6) is 0 Å². The zero-order chi connectivity index (χ0) is 24.5. The zero-order valence-corrected chi connectivity index (χ0v) is 19.9. The van der Waals surface area contributed by atoms with E-state index in [1.54, 1.807) is 36.4 Å². The van der Waals surface area contributed by atoms with Gasteiger partial charge in [-0.05, 0) is 47.4 Å². The number of nitrogens with two attached hydrogens (primary N) is 1. The van der Waals surface area contributed by atoms with E-state index in [0.717, 1.165) is 21.0 Å². The van der Waals surface area contributed by atoms with E-state index in [9.17, 15) is 18.0 Å². The number of amides is 1. The van der Waals surface area contributed by atoms with Crippen LogP contribution in [0.4, 0.5) is 0 Å². The summed E-state index contributed by atoms with van der Waals surface area (Å²) in [4.78, 5) is 24.8. The maximum atomic E-state index is 13.7. The molecule has 0 bridgehead atoms. The molecule has 3 aromatic carbocycles. The Bertz CT molecular complexity index is 1310. The van der Waals surface area contributed by atoms with Gasteiger partial charge in [0.25, 0.3) is 0 Å². The molecule has 1 fully saturated rings. The first-order valence-electron chi connectivity index (χ1n) is 10.5. The normalized spacial score (nSPS) is 19.6. The number of nitrogens with zero attached hydrogens (tertiary/aromatic N) is 1. The van der Waals surface area contributed by atoms with E-state index >= 15 is 0 Å². The van der Waals surface area contributed by atoms with Gasteiger partial charge in [-0.2, -0.15) is 4.31 Å². The minimum absolute atomic E-state index is 0.0616. The van der Waals surface area contributed by atoms with Crippen LogP contribution in [0.25, 0.3) is 11.1 Å². The van der Waals surface area contributed by atoms with E-state index in [1.807, 2.05) is 30.3 Å². The van der Waals surface area contributed by atoms with Crippen LogP contribution >= 0.6 is 11.6 Å². The number of ether oxygens (including phenoxy) is 1. The van der Waals surface area contributed by atoms with Crippen molar-refractivity contribution in [1.29, 1.82) is 0 Å². The number of carbonyl (C=O) groups excluding carboxylic acids is 2. The van der Waals surface area contributed by atoms with E-state index in [4.69, 9.17) is 22.1 Å². The summed E-state index contributed by atoms with van der Waals surface area (Å²) in [7, 11) is -3.09. The van der Waals surface area contributed by atoms with Crippen molar-refractivity contribution in [3.05, 3.63) is 89.4 Å². The fourth-order valence-electron chi connectivity index (χ4n) is 4.28. The van der Waals surface area contributed by atoms with Crippen molar-refractivity contribution in [2.75, 3.05) is 13.7 Å². The number of sulfonamides is 1. The highest BCUT2D eigenvalue weighted by Crippen LogP contribution is 2.57. The van der Waals surface area contributed by atoms with Crippen molar-refractivity contribution in [3.63, 3.8) is 0 Å². The molecule has 2 atom stereocenters. The van der Waals surface area contributed by atoms with Crippen molar-refractivity contribution in [1.82, 2.24) is 4.31 Å². The molecule has 3 aromatic rings. The molecule has 0 unspecified atom stereocenters. The number of carbonyl (C=O) groups is 2. The number of hydrogen-bond donors (Lipinski definition) is 1. The number of primary amides is 1. The second-order valence-electron chi connectivity index (χ2n) is 8.09. The summed E-state index contributed by atoms with van der Waals surface area (Å²) in [5.41, 5.74) is 6.29. The fraction of sp³-hybridized carbons (Fsp3) is 0.200. The number of rotatable bonds is 8. The highest BCUT2D eigenvalue weighted by Gasteiger charge is 2.68. The quantitative estimate of drug-likeness (QED) is 0.478. The molecule has 1 saturated carbocycles. The third-order valence-corrected chi connectivity index (χ3v) is 8.19. The predicted octanol–water partition coefficient (Wildman–Crippen LogP) is 3.58. The van der Waals surface area contributed by atoms with Gasteiger partial charge in [0.15, 0.2) is 0 Å². The molecule has 1 aliphatic rings. The minimum Gasteiger partial charge on any atom is -0.468 e. The molecular weight excluding hydrogens is 476 g/mol. The molecule has 9 heteroatoms. The van der Waals surface area contributed by atoms with Crippen LogP contribution in [-0.2, 0) is 24.3 Å². The van der Waals surface area contributed by atoms with Crippen molar-refractivity contribution in [2.45, 2.75) is 22.8 Å². The van der Waals surface area contributed by atoms with Gasteiger partial charge in [-0.15, -0.1) is 0 Å². The first-order chi connectivity index (χ1) is 16.2. The summed E-state index contributed by atoms with van der Waals surface area (Å²) in [6.45, 7) is -0.653. The zero-order valence-electron chi connectivity index (χ0n) is 18.3. The molecular formula is C25H23ClN2O5S. The molecule has 176 valence electrons. The van der Waals surface area contributed by atoms with Gasteiger partial charge in [-0.1, -0.05) is 66.2 Å². The molecule has 0 heterocycles. The van der Waals surface area contributed by atoms with Gasteiger partial charge in [0, 0.05) is 10.9 Å². The first-order valence-corrected chi connectivity index (χ1v) is 12.3. The standard InChI is InChI=1S/C25H23ClN2O5S/c1-33-24(30)25(15-22(25)19-5-3-2-4-6-19)28(16-23(27)29)34(31,32)21-13-9-18(10-14-21)17-7-11-20(26)12-8-17/h2-14,22H,15-16H2,1H3,(H2,27,29)/t22-,25+/m0/s1. The van der Waals surface area contributed by atoms with Gasteiger partial charge in [-0.3, -0.25) is 4.79 Å². The maximum absolute atomic E-state index is 13.7.